The Morgan fingerprint density at radius 3 is 2.81 bits per heavy atom. The van der Waals surface area contributed by atoms with Gasteiger partial charge in [-0.1, -0.05) is 15.9 Å². The maximum Gasteiger partial charge on any atom is 0.251 e. The van der Waals surface area contributed by atoms with E-state index in [4.69, 9.17) is 6.42 Å². The van der Waals surface area contributed by atoms with Crippen LogP contribution < -0.4 is 5.32 Å². The predicted octanol–water partition coefficient (Wildman–Crippen LogP) is 2.90. The number of aryl methyl sites for hydroxylation is 1. The van der Waals surface area contributed by atoms with Crippen molar-refractivity contribution >= 4 is 21.8 Å². The van der Waals surface area contributed by atoms with Crippen LogP contribution in [0.2, 0.25) is 0 Å². The van der Waals surface area contributed by atoms with E-state index in [1.165, 1.54) is 0 Å². The Bertz CT molecular complexity index is 414. The lowest BCUT2D eigenvalue weighted by atomic mass is 10.1. The molecule has 0 aliphatic rings. The van der Waals surface area contributed by atoms with Gasteiger partial charge in [0.25, 0.3) is 5.91 Å². The van der Waals surface area contributed by atoms with Crippen molar-refractivity contribution in [1.29, 1.82) is 0 Å². The van der Waals surface area contributed by atoms with E-state index in [0.717, 1.165) is 10.0 Å². The number of rotatable bonds is 3. The van der Waals surface area contributed by atoms with E-state index in [1.807, 2.05) is 26.0 Å². The largest absolute Gasteiger partial charge is 0.349 e. The van der Waals surface area contributed by atoms with Crippen LogP contribution in [0.1, 0.15) is 29.3 Å². The molecule has 0 aliphatic heterocycles. The van der Waals surface area contributed by atoms with Crippen molar-refractivity contribution in [3.63, 3.8) is 0 Å². The van der Waals surface area contributed by atoms with Gasteiger partial charge in [-0.15, -0.1) is 12.3 Å². The molecule has 1 unspecified atom stereocenters. The van der Waals surface area contributed by atoms with Crippen molar-refractivity contribution < 1.29 is 4.79 Å². The molecule has 0 aliphatic carbocycles. The predicted molar refractivity (Wildman–Crippen MR) is 69.3 cm³/mol. The van der Waals surface area contributed by atoms with E-state index in [9.17, 15) is 4.79 Å². The fraction of sp³-hybridized carbons (Fsp3) is 0.308. The van der Waals surface area contributed by atoms with Crippen molar-refractivity contribution in [2.45, 2.75) is 26.3 Å². The van der Waals surface area contributed by atoms with Crippen LogP contribution >= 0.6 is 15.9 Å². The summed E-state index contributed by atoms with van der Waals surface area (Å²) >= 11 is 3.37. The fourth-order valence-corrected chi connectivity index (χ4v) is 2.01. The summed E-state index contributed by atoms with van der Waals surface area (Å²) in [6.45, 7) is 3.84. The summed E-state index contributed by atoms with van der Waals surface area (Å²) in [6, 6.07) is 5.60. The second-order valence-corrected chi connectivity index (χ2v) is 4.72. The third-order valence-corrected chi connectivity index (χ3v) is 2.56. The molecular weight excluding hydrogens is 266 g/mol. The van der Waals surface area contributed by atoms with Crippen LogP contribution in [0.4, 0.5) is 0 Å². The van der Waals surface area contributed by atoms with Crippen LogP contribution in [0.5, 0.6) is 0 Å². The molecule has 16 heavy (non-hydrogen) atoms. The Balaban J connectivity index is 2.77. The molecule has 0 saturated carbocycles. The molecule has 1 N–H and O–H groups in total. The third kappa shape index (κ3) is 3.71. The number of nitrogens with one attached hydrogen (secondary N) is 1. The van der Waals surface area contributed by atoms with Crippen LogP contribution in [-0.2, 0) is 0 Å². The van der Waals surface area contributed by atoms with Crippen molar-refractivity contribution in [2.24, 2.45) is 0 Å². The molecule has 0 fully saturated rings. The molecular formula is C13H14BrNO. The Morgan fingerprint density at radius 2 is 2.25 bits per heavy atom. The molecule has 1 amide bonds. The lowest BCUT2D eigenvalue weighted by Crippen LogP contribution is -2.32. The first kappa shape index (κ1) is 12.8. The highest BCUT2D eigenvalue weighted by Gasteiger charge is 2.09. The van der Waals surface area contributed by atoms with E-state index in [-0.39, 0.29) is 11.9 Å². The van der Waals surface area contributed by atoms with Gasteiger partial charge in [-0.05, 0) is 37.6 Å². The number of amides is 1. The third-order valence-electron chi connectivity index (χ3n) is 2.11. The number of hydrogen-bond acceptors (Lipinski definition) is 1. The standard InChI is InChI=1S/C13H14BrNO/c1-4-5-10(3)15-13(16)11-6-9(2)7-12(14)8-11/h1,6-8,10H,5H2,2-3H3,(H,15,16). The molecule has 0 heterocycles. The van der Waals surface area contributed by atoms with E-state index in [0.29, 0.717) is 12.0 Å². The van der Waals surface area contributed by atoms with Gasteiger partial charge in [-0.2, -0.15) is 0 Å². The Hall–Kier alpha value is -1.27. The second-order valence-electron chi connectivity index (χ2n) is 3.80. The van der Waals surface area contributed by atoms with E-state index in [2.05, 4.69) is 27.2 Å². The lowest BCUT2D eigenvalue weighted by Gasteiger charge is -2.11. The number of halogens is 1. The van der Waals surface area contributed by atoms with Crippen LogP contribution in [0.15, 0.2) is 22.7 Å². The quantitative estimate of drug-likeness (QED) is 0.847. The molecule has 3 heteroatoms. The number of benzene rings is 1. The highest BCUT2D eigenvalue weighted by molar-refractivity contribution is 9.10. The Kier molecular flexibility index (Phi) is 4.57. The van der Waals surface area contributed by atoms with Gasteiger partial charge in [-0.3, -0.25) is 4.79 Å². The smallest absolute Gasteiger partial charge is 0.251 e. The van der Waals surface area contributed by atoms with E-state index >= 15 is 0 Å². The van der Waals surface area contributed by atoms with Gasteiger partial charge in [0.05, 0.1) is 0 Å². The number of hydrogen-bond donors (Lipinski definition) is 1. The summed E-state index contributed by atoms with van der Waals surface area (Å²) in [4.78, 5) is 11.8. The molecule has 0 radical (unpaired) electrons. The van der Waals surface area contributed by atoms with Crippen LogP contribution in [0.3, 0.4) is 0 Å². The van der Waals surface area contributed by atoms with Crippen molar-refractivity contribution in [2.75, 3.05) is 0 Å². The fourth-order valence-electron chi connectivity index (χ4n) is 1.40. The lowest BCUT2D eigenvalue weighted by molar-refractivity contribution is 0.0940. The summed E-state index contributed by atoms with van der Waals surface area (Å²) in [7, 11) is 0. The zero-order valence-electron chi connectivity index (χ0n) is 9.38. The topological polar surface area (TPSA) is 29.1 Å². The summed E-state index contributed by atoms with van der Waals surface area (Å²) < 4.78 is 0.905. The highest BCUT2D eigenvalue weighted by atomic mass is 79.9. The first-order chi connectivity index (χ1) is 7.52. The van der Waals surface area contributed by atoms with Crippen molar-refractivity contribution in [1.82, 2.24) is 5.32 Å². The maximum atomic E-state index is 11.8. The van der Waals surface area contributed by atoms with Crippen LogP contribution in [-0.4, -0.2) is 11.9 Å². The minimum atomic E-state index is -0.0906. The van der Waals surface area contributed by atoms with Gasteiger partial charge in [0.1, 0.15) is 0 Å². The molecule has 1 atom stereocenters. The minimum Gasteiger partial charge on any atom is -0.349 e. The molecule has 1 aromatic rings. The Labute approximate surface area is 105 Å². The SMILES string of the molecule is C#CCC(C)NC(=O)c1cc(C)cc(Br)c1. The summed E-state index contributed by atoms with van der Waals surface area (Å²) in [5.41, 5.74) is 1.69. The highest BCUT2D eigenvalue weighted by Crippen LogP contribution is 2.15. The van der Waals surface area contributed by atoms with Gasteiger partial charge < -0.3 is 5.32 Å². The van der Waals surface area contributed by atoms with Gasteiger partial charge >= 0.3 is 0 Å². The molecule has 1 rings (SSSR count). The molecule has 0 aromatic heterocycles. The van der Waals surface area contributed by atoms with Crippen LogP contribution in [0.25, 0.3) is 0 Å². The van der Waals surface area contributed by atoms with Gasteiger partial charge in [0.2, 0.25) is 0 Å². The monoisotopic (exact) mass is 279 g/mol. The average Bonchev–Trinajstić information content (AvgIpc) is 2.16. The molecule has 0 bridgehead atoms. The van der Waals surface area contributed by atoms with Gasteiger partial charge in [0.15, 0.2) is 0 Å². The second kappa shape index (κ2) is 5.72. The molecule has 0 spiro atoms. The summed E-state index contributed by atoms with van der Waals surface area (Å²) in [5.74, 6) is 2.43. The van der Waals surface area contributed by atoms with Crippen molar-refractivity contribution in [3.8, 4) is 12.3 Å². The number of terminal acetylenes is 1. The van der Waals surface area contributed by atoms with E-state index in [1.54, 1.807) is 6.07 Å². The minimum absolute atomic E-state index is 0.00297. The number of carbonyl (C=O) groups is 1. The molecule has 84 valence electrons. The van der Waals surface area contributed by atoms with E-state index < -0.39 is 0 Å². The normalized spacial score (nSPS) is 11.6. The first-order valence-corrected chi connectivity index (χ1v) is 5.83. The average molecular weight is 280 g/mol. The summed E-state index contributed by atoms with van der Waals surface area (Å²) in [5, 5.41) is 2.85. The maximum absolute atomic E-state index is 11.8. The van der Waals surface area contributed by atoms with Gasteiger partial charge in [0, 0.05) is 22.5 Å². The molecule has 0 saturated heterocycles. The molecule has 1 aromatic carbocycles. The zero-order chi connectivity index (χ0) is 12.1. The summed E-state index contributed by atoms with van der Waals surface area (Å²) in [6.07, 6.45) is 5.72. The van der Waals surface area contributed by atoms with Gasteiger partial charge in [-0.25, -0.2) is 0 Å². The number of carbonyl (C=O) groups excluding carboxylic acids is 1. The van der Waals surface area contributed by atoms with Crippen molar-refractivity contribution in [3.05, 3.63) is 33.8 Å². The first-order valence-electron chi connectivity index (χ1n) is 5.04. The Morgan fingerprint density at radius 1 is 1.56 bits per heavy atom. The van der Waals surface area contributed by atoms with Crippen LogP contribution in [0, 0.1) is 19.3 Å². The zero-order valence-corrected chi connectivity index (χ0v) is 11.0. The molecule has 2 nitrogen and oxygen atoms in total.